The average Bonchev–Trinajstić information content (AvgIpc) is 3.02. The first kappa shape index (κ1) is 34.6. The van der Waals surface area contributed by atoms with E-state index in [-0.39, 0.29) is 24.5 Å². The number of nitrogens with zero attached hydrogens (tertiary/aromatic N) is 1. The minimum absolute atomic E-state index is 0.182. The first-order chi connectivity index (χ1) is 22.1. The first-order valence-electron chi connectivity index (χ1n) is 14.0. The van der Waals surface area contributed by atoms with Gasteiger partial charge in [0.25, 0.3) is 5.91 Å². The van der Waals surface area contributed by atoms with Gasteiger partial charge in [0.2, 0.25) is 0 Å². The minimum Gasteiger partial charge on any atom is -0.493 e. The van der Waals surface area contributed by atoms with Crippen LogP contribution in [0.3, 0.4) is 0 Å². The van der Waals surface area contributed by atoms with E-state index in [0.29, 0.717) is 40.7 Å². The zero-order valence-electron chi connectivity index (χ0n) is 25.4. The maximum absolute atomic E-state index is 12.6. The summed E-state index contributed by atoms with van der Waals surface area (Å²) < 4.78 is 29.7. The lowest BCUT2D eigenvalue weighted by molar-refractivity contribution is -0.139. The van der Waals surface area contributed by atoms with Gasteiger partial charge >= 0.3 is 12.0 Å². The Morgan fingerprint density at radius 2 is 1.83 bits per heavy atom. The molecule has 0 spiro atoms. The number of esters is 1. The lowest BCUT2D eigenvalue weighted by atomic mass is 9.95. The van der Waals surface area contributed by atoms with Crippen molar-refractivity contribution < 1.29 is 38.1 Å². The van der Waals surface area contributed by atoms with E-state index in [9.17, 15) is 14.4 Å². The molecule has 12 nitrogen and oxygen atoms in total. The summed E-state index contributed by atoms with van der Waals surface area (Å²) in [4.78, 5) is 37.3. The van der Waals surface area contributed by atoms with Crippen LogP contribution in [-0.4, -0.2) is 51.6 Å². The summed E-state index contributed by atoms with van der Waals surface area (Å²) in [6, 6.07) is 15.1. The molecule has 1 aliphatic heterocycles. The van der Waals surface area contributed by atoms with Crippen molar-refractivity contribution in [2.45, 2.75) is 26.5 Å². The molecule has 0 fully saturated rings. The Labute approximate surface area is 288 Å². The fourth-order valence-electron chi connectivity index (χ4n) is 4.50. The zero-order chi connectivity index (χ0) is 33.2. The third-order valence-electron chi connectivity index (χ3n) is 6.57. The van der Waals surface area contributed by atoms with Crippen LogP contribution in [0.2, 0.25) is 0 Å². The summed E-state index contributed by atoms with van der Waals surface area (Å²) in [5.74, 6) is 0.643. The van der Waals surface area contributed by atoms with Gasteiger partial charge in [-0.2, -0.15) is 5.10 Å². The van der Waals surface area contributed by atoms with E-state index in [1.54, 1.807) is 45.2 Å². The number of amides is 3. The van der Waals surface area contributed by atoms with Gasteiger partial charge in [-0.1, -0.05) is 34.1 Å². The molecular formula is C32H32BrIN4O8. The van der Waals surface area contributed by atoms with Gasteiger partial charge in [-0.3, -0.25) is 4.79 Å². The molecule has 3 amide bonds. The number of nitrogens with one attached hydrogen (secondary N) is 3. The molecule has 4 rings (SSSR count). The van der Waals surface area contributed by atoms with Crippen molar-refractivity contribution in [2.75, 3.05) is 27.4 Å². The molecule has 0 saturated carbocycles. The molecule has 0 unspecified atom stereocenters. The Hall–Kier alpha value is -4.31. The predicted octanol–water partition coefficient (Wildman–Crippen LogP) is 5.37. The maximum Gasteiger partial charge on any atom is 0.338 e. The number of urea groups is 1. The smallest absolute Gasteiger partial charge is 0.338 e. The highest BCUT2D eigenvalue weighted by atomic mass is 127. The van der Waals surface area contributed by atoms with Crippen molar-refractivity contribution in [3.05, 3.63) is 90.6 Å². The summed E-state index contributed by atoms with van der Waals surface area (Å²) in [6.45, 7) is 3.52. The monoisotopic (exact) mass is 806 g/mol. The molecule has 1 heterocycles. The lowest BCUT2D eigenvalue weighted by Crippen LogP contribution is -2.45. The second-order valence-corrected chi connectivity index (χ2v) is 11.8. The van der Waals surface area contributed by atoms with Crippen molar-refractivity contribution in [2.24, 2.45) is 5.10 Å². The Balaban J connectivity index is 1.37. The number of benzene rings is 3. The van der Waals surface area contributed by atoms with Crippen molar-refractivity contribution >= 4 is 62.6 Å². The van der Waals surface area contributed by atoms with Gasteiger partial charge in [-0.15, -0.1) is 0 Å². The summed E-state index contributed by atoms with van der Waals surface area (Å²) in [6.07, 6.45) is 1.49. The largest absolute Gasteiger partial charge is 0.493 e. The fourth-order valence-corrected chi connectivity index (χ4v) is 5.73. The molecule has 3 aromatic rings. The van der Waals surface area contributed by atoms with Gasteiger partial charge in [0.15, 0.2) is 29.6 Å². The molecule has 3 N–H and O–H groups in total. The number of hydrogen-bond donors (Lipinski definition) is 3. The van der Waals surface area contributed by atoms with Crippen LogP contribution in [-0.2, 0) is 20.9 Å². The van der Waals surface area contributed by atoms with E-state index in [1.165, 1.54) is 13.3 Å². The van der Waals surface area contributed by atoms with Crippen molar-refractivity contribution in [1.29, 1.82) is 0 Å². The van der Waals surface area contributed by atoms with E-state index in [0.717, 1.165) is 13.6 Å². The van der Waals surface area contributed by atoms with Crippen molar-refractivity contribution in [3.8, 4) is 23.0 Å². The van der Waals surface area contributed by atoms with E-state index < -0.39 is 23.9 Å². The van der Waals surface area contributed by atoms with Crippen molar-refractivity contribution in [3.63, 3.8) is 0 Å². The molecule has 0 aromatic heterocycles. The van der Waals surface area contributed by atoms with Crippen LogP contribution < -0.4 is 35.0 Å². The van der Waals surface area contributed by atoms with E-state index in [2.05, 4.69) is 59.7 Å². The number of allylic oxidation sites excluding steroid dienone is 1. The molecule has 1 atom stereocenters. The lowest BCUT2D eigenvalue weighted by Gasteiger charge is -2.28. The number of hydrogen-bond acceptors (Lipinski definition) is 9. The summed E-state index contributed by atoms with van der Waals surface area (Å²) in [5, 5.41) is 9.37. The Kier molecular flexibility index (Phi) is 12.3. The fraction of sp³-hybridized carbons (Fsp3) is 0.250. The van der Waals surface area contributed by atoms with E-state index in [1.807, 2.05) is 30.3 Å². The third-order valence-corrected chi connectivity index (χ3v) is 7.87. The molecular weight excluding hydrogens is 775 g/mol. The number of carbonyl (C=O) groups is 3. The van der Waals surface area contributed by atoms with Gasteiger partial charge < -0.3 is 34.3 Å². The van der Waals surface area contributed by atoms with Gasteiger partial charge in [-0.05, 0) is 89.5 Å². The van der Waals surface area contributed by atoms with Gasteiger partial charge in [0.05, 0.1) is 42.2 Å². The van der Waals surface area contributed by atoms with Crippen LogP contribution in [0.5, 0.6) is 23.0 Å². The topological polar surface area (TPSA) is 146 Å². The Bertz CT molecular complexity index is 1680. The second-order valence-electron chi connectivity index (χ2n) is 9.74. The van der Waals surface area contributed by atoms with Gasteiger partial charge in [0.1, 0.15) is 6.61 Å². The number of ether oxygens (including phenoxy) is 5. The summed E-state index contributed by atoms with van der Waals surface area (Å²) in [7, 11) is 3.00. The number of carbonyl (C=O) groups excluding carboxylic acids is 3. The molecule has 46 heavy (non-hydrogen) atoms. The number of hydrazone groups is 1. The highest BCUT2D eigenvalue weighted by Gasteiger charge is 2.32. The number of rotatable bonds is 13. The Morgan fingerprint density at radius 1 is 1.04 bits per heavy atom. The van der Waals surface area contributed by atoms with Gasteiger partial charge in [-0.25, -0.2) is 15.0 Å². The quantitative estimate of drug-likeness (QED) is 0.0906. The molecule has 1 aliphatic rings. The molecule has 0 bridgehead atoms. The SMILES string of the molecule is CCOC(=O)C1=C(C)NC(=O)N[C@H]1c1ccc(OCC(=O)N/N=C\c2cc(I)c(OCc3cccc(Br)c3)c(OC)c2)c(OC)c1. The van der Waals surface area contributed by atoms with Crippen LogP contribution in [0.25, 0.3) is 0 Å². The highest BCUT2D eigenvalue weighted by Crippen LogP contribution is 2.36. The molecule has 0 radical (unpaired) electrons. The second kappa shape index (κ2) is 16.3. The standard InChI is InChI=1S/C32H32BrIN4O8/c1-5-44-31(40)28-18(2)36-32(41)37-29(28)21-9-10-24(25(14-21)42-3)45-17-27(39)38-35-15-20-12-23(34)30(26(13-20)43-4)46-16-19-7-6-8-22(33)11-19/h6-15,29H,5,16-17H2,1-4H3,(H,38,39)(H2,36,37,41)/b35-15-/t29-/m0/s1. The highest BCUT2D eigenvalue weighted by molar-refractivity contribution is 14.1. The van der Waals surface area contributed by atoms with Crippen LogP contribution in [0.4, 0.5) is 4.79 Å². The van der Waals surface area contributed by atoms with E-state index in [4.69, 9.17) is 23.7 Å². The number of halogens is 2. The average molecular weight is 807 g/mol. The molecule has 0 aliphatic carbocycles. The maximum atomic E-state index is 12.6. The van der Waals surface area contributed by atoms with Crippen molar-refractivity contribution in [1.82, 2.24) is 16.1 Å². The molecule has 3 aromatic carbocycles. The van der Waals surface area contributed by atoms with Crippen LogP contribution in [0.1, 0.15) is 36.6 Å². The van der Waals surface area contributed by atoms with Gasteiger partial charge in [0, 0.05) is 10.2 Å². The molecule has 242 valence electrons. The molecule has 14 heteroatoms. The minimum atomic E-state index is -0.776. The van der Waals surface area contributed by atoms with E-state index >= 15 is 0 Å². The van der Waals surface area contributed by atoms with Crippen LogP contribution in [0.15, 0.2) is 75.4 Å². The molecule has 0 saturated heterocycles. The predicted molar refractivity (Wildman–Crippen MR) is 182 cm³/mol. The van der Waals surface area contributed by atoms with Crippen LogP contribution in [0, 0.1) is 3.57 Å². The zero-order valence-corrected chi connectivity index (χ0v) is 29.2. The normalized spacial score (nSPS) is 14.3. The first-order valence-corrected chi connectivity index (χ1v) is 15.8. The summed E-state index contributed by atoms with van der Waals surface area (Å²) in [5.41, 5.74) is 5.34. The number of methoxy groups -OCH3 is 2. The third kappa shape index (κ3) is 8.90. The Morgan fingerprint density at radius 3 is 2.54 bits per heavy atom. The summed E-state index contributed by atoms with van der Waals surface area (Å²) >= 11 is 5.62. The van der Waals surface area contributed by atoms with Crippen LogP contribution >= 0.6 is 38.5 Å².